The van der Waals surface area contributed by atoms with Gasteiger partial charge >= 0.3 is 0 Å². The Morgan fingerprint density at radius 2 is 2.23 bits per heavy atom. The van der Waals surface area contributed by atoms with Crippen molar-refractivity contribution in [3.63, 3.8) is 0 Å². The number of aliphatic hydroxyl groups excluding tert-OH is 1. The number of aliphatic hydroxyl groups is 1. The van der Waals surface area contributed by atoms with Crippen LogP contribution in [0.15, 0.2) is 17.4 Å². The number of nitrogens with one attached hydrogen (secondary N) is 1. The van der Waals surface area contributed by atoms with Crippen LogP contribution in [0.1, 0.15) is 57.4 Å². The Morgan fingerprint density at radius 3 is 2.88 bits per heavy atom. The van der Waals surface area contributed by atoms with Gasteiger partial charge in [-0.05, 0) is 31.7 Å². The predicted octanol–water partition coefficient (Wildman–Crippen LogP) is 2.73. The minimum absolute atomic E-state index is 0. The lowest BCUT2D eigenvalue weighted by Gasteiger charge is -2.37. The first kappa shape index (κ1) is 21.5. The Labute approximate surface area is 174 Å². The molecule has 2 fully saturated rings. The van der Waals surface area contributed by atoms with Crippen LogP contribution in [-0.2, 0) is 7.05 Å². The van der Waals surface area contributed by atoms with Gasteiger partial charge in [0.15, 0.2) is 5.96 Å². The molecule has 26 heavy (non-hydrogen) atoms. The molecular weight excluding hydrogens is 441 g/mol. The third-order valence-electron chi connectivity index (χ3n) is 5.89. The third kappa shape index (κ3) is 4.91. The van der Waals surface area contributed by atoms with Gasteiger partial charge in [-0.1, -0.05) is 19.8 Å². The smallest absolute Gasteiger partial charge is 0.193 e. The van der Waals surface area contributed by atoms with Gasteiger partial charge in [-0.3, -0.25) is 9.67 Å². The van der Waals surface area contributed by atoms with E-state index in [0.717, 1.165) is 51.3 Å². The van der Waals surface area contributed by atoms with Gasteiger partial charge in [-0.15, -0.1) is 24.0 Å². The molecule has 3 rings (SSSR count). The molecule has 7 heteroatoms. The number of aliphatic imine (C=N–C) groups is 1. The van der Waals surface area contributed by atoms with Crippen molar-refractivity contribution in [3.05, 3.63) is 18.0 Å². The maximum absolute atomic E-state index is 10.4. The molecule has 0 spiro atoms. The Balaban J connectivity index is 0.00000243. The van der Waals surface area contributed by atoms with Gasteiger partial charge in [0.2, 0.25) is 0 Å². The normalized spacial score (nSPS) is 29.5. The molecule has 1 aromatic rings. The first-order valence-electron chi connectivity index (χ1n) is 9.71. The lowest BCUT2D eigenvalue weighted by atomic mass is 9.73. The molecule has 0 amide bonds. The van der Waals surface area contributed by atoms with Crippen LogP contribution in [0.2, 0.25) is 0 Å². The van der Waals surface area contributed by atoms with E-state index in [2.05, 4.69) is 35.4 Å². The molecule has 148 valence electrons. The number of aryl methyl sites for hydroxylation is 1. The van der Waals surface area contributed by atoms with Crippen molar-refractivity contribution in [3.8, 4) is 0 Å². The van der Waals surface area contributed by atoms with Crippen LogP contribution in [-0.4, -0.2) is 58.0 Å². The SMILES string of the molecule is CCNC(=NCC1(C)CCCCC1O)N1CCC(c2cnn(C)c2)C1.I. The summed E-state index contributed by atoms with van der Waals surface area (Å²) in [7, 11) is 1.97. The average molecular weight is 475 g/mol. The van der Waals surface area contributed by atoms with E-state index >= 15 is 0 Å². The van der Waals surface area contributed by atoms with Gasteiger partial charge in [0.05, 0.1) is 18.8 Å². The molecule has 2 N–H and O–H groups in total. The van der Waals surface area contributed by atoms with E-state index in [1.807, 2.05) is 17.9 Å². The number of rotatable bonds is 4. The summed E-state index contributed by atoms with van der Waals surface area (Å²) in [5.41, 5.74) is 1.23. The molecule has 2 heterocycles. The second kappa shape index (κ2) is 9.39. The molecule has 1 saturated heterocycles. The van der Waals surface area contributed by atoms with Gasteiger partial charge in [0.1, 0.15) is 0 Å². The highest BCUT2D eigenvalue weighted by atomic mass is 127. The molecule has 6 nitrogen and oxygen atoms in total. The minimum Gasteiger partial charge on any atom is -0.392 e. The van der Waals surface area contributed by atoms with Crippen LogP contribution in [0.3, 0.4) is 0 Å². The number of guanidine groups is 1. The zero-order valence-corrected chi connectivity index (χ0v) is 18.6. The number of hydrogen-bond acceptors (Lipinski definition) is 3. The second-order valence-electron chi connectivity index (χ2n) is 7.96. The van der Waals surface area contributed by atoms with E-state index in [0.29, 0.717) is 12.5 Å². The topological polar surface area (TPSA) is 65.7 Å². The van der Waals surface area contributed by atoms with Gasteiger partial charge in [-0.25, -0.2) is 0 Å². The monoisotopic (exact) mass is 475 g/mol. The molecular formula is C19H34IN5O. The van der Waals surface area contributed by atoms with E-state index < -0.39 is 0 Å². The van der Waals surface area contributed by atoms with E-state index in [1.165, 1.54) is 12.0 Å². The van der Waals surface area contributed by atoms with Crippen molar-refractivity contribution in [2.24, 2.45) is 17.5 Å². The molecule has 1 aliphatic heterocycles. The zero-order chi connectivity index (χ0) is 17.9. The van der Waals surface area contributed by atoms with Gasteiger partial charge < -0.3 is 15.3 Å². The highest BCUT2D eigenvalue weighted by Crippen LogP contribution is 2.36. The van der Waals surface area contributed by atoms with Crippen molar-refractivity contribution in [2.75, 3.05) is 26.2 Å². The summed E-state index contributed by atoms with van der Waals surface area (Å²) < 4.78 is 1.88. The van der Waals surface area contributed by atoms with Crippen molar-refractivity contribution >= 4 is 29.9 Å². The largest absolute Gasteiger partial charge is 0.392 e. The number of likely N-dealkylation sites (tertiary alicyclic amines) is 1. The number of halogens is 1. The Morgan fingerprint density at radius 1 is 1.42 bits per heavy atom. The first-order chi connectivity index (χ1) is 12.0. The fourth-order valence-corrected chi connectivity index (χ4v) is 4.12. The quantitative estimate of drug-likeness (QED) is 0.400. The standard InChI is InChI=1S/C19H33N5O.HI/c1-4-20-18(21-14-19(2)9-6-5-7-17(19)25)24-10-8-15(13-24)16-11-22-23(3)12-16;/h11-12,15,17,25H,4-10,13-14H2,1-3H3,(H,20,21);1H. The molecule has 1 aliphatic carbocycles. The van der Waals surface area contributed by atoms with Crippen LogP contribution in [0.5, 0.6) is 0 Å². The molecule has 1 aromatic heterocycles. The van der Waals surface area contributed by atoms with Crippen LogP contribution in [0.25, 0.3) is 0 Å². The molecule has 2 aliphatic rings. The number of aromatic nitrogens is 2. The van der Waals surface area contributed by atoms with Crippen molar-refractivity contribution in [1.82, 2.24) is 20.0 Å². The third-order valence-corrected chi connectivity index (χ3v) is 5.89. The summed E-state index contributed by atoms with van der Waals surface area (Å²) in [5.74, 6) is 1.52. The molecule has 3 unspecified atom stereocenters. The number of nitrogens with zero attached hydrogens (tertiary/aromatic N) is 4. The summed E-state index contributed by atoms with van der Waals surface area (Å²) in [6, 6.07) is 0. The predicted molar refractivity (Wildman–Crippen MR) is 116 cm³/mol. The highest BCUT2D eigenvalue weighted by Gasteiger charge is 2.35. The Hall–Kier alpha value is -0.830. The van der Waals surface area contributed by atoms with Crippen LogP contribution in [0.4, 0.5) is 0 Å². The van der Waals surface area contributed by atoms with Gasteiger partial charge in [0, 0.05) is 44.2 Å². The first-order valence-corrected chi connectivity index (χ1v) is 9.71. The zero-order valence-electron chi connectivity index (χ0n) is 16.3. The molecule has 3 atom stereocenters. The van der Waals surface area contributed by atoms with E-state index in [-0.39, 0.29) is 35.5 Å². The average Bonchev–Trinajstić information content (AvgIpc) is 3.23. The van der Waals surface area contributed by atoms with Crippen molar-refractivity contribution < 1.29 is 5.11 Å². The van der Waals surface area contributed by atoms with Gasteiger partial charge in [-0.2, -0.15) is 5.10 Å². The molecule has 0 aromatic carbocycles. The lowest BCUT2D eigenvalue weighted by molar-refractivity contribution is 0.00705. The van der Waals surface area contributed by atoms with Crippen molar-refractivity contribution in [2.45, 2.75) is 58.0 Å². The second-order valence-corrected chi connectivity index (χ2v) is 7.96. The van der Waals surface area contributed by atoms with E-state index in [9.17, 15) is 5.11 Å². The summed E-state index contributed by atoms with van der Waals surface area (Å²) in [6.45, 7) is 7.87. The fraction of sp³-hybridized carbons (Fsp3) is 0.789. The maximum Gasteiger partial charge on any atom is 0.193 e. The Bertz CT molecular complexity index is 605. The number of hydrogen-bond donors (Lipinski definition) is 2. The highest BCUT2D eigenvalue weighted by molar-refractivity contribution is 14.0. The van der Waals surface area contributed by atoms with E-state index in [4.69, 9.17) is 4.99 Å². The van der Waals surface area contributed by atoms with Crippen molar-refractivity contribution in [1.29, 1.82) is 0 Å². The van der Waals surface area contributed by atoms with Crippen LogP contribution < -0.4 is 5.32 Å². The van der Waals surface area contributed by atoms with Crippen LogP contribution in [0, 0.1) is 5.41 Å². The molecule has 0 bridgehead atoms. The maximum atomic E-state index is 10.4. The summed E-state index contributed by atoms with van der Waals surface area (Å²) in [6.07, 6.45) is 9.33. The molecule has 1 saturated carbocycles. The lowest BCUT2D eigenvalue weighted by Crippen LogP contribution is -2.43. The van der Waals surface area contributed by atoms with E-state index in [1.54, 1.807) is 0 Å². The summed E-state index contributed by atoms with van der Waals surface area (Å²) in [5, 5.41) is 18.2. The molecule has 0 radical (unpaired) electrons. The Kier molecular flexibility index (Phi) is 7.76. The van der Waals surface area contributed by atoms with Crippen LogP contribution >= 0.6 is 24.0 Å². The van der Waals surface area contributed by atoms with Gasteiger partial charge in [0.25, 0.3) is 0 Å². The summed E-state index contributed by atoms with van der Waals surface area (Å²) in [4.78, 5) is 7.29. The fourth-order valence-electron chi connectivity index (χ4n) is 4.12. The minimum atomic E-state index is -0.227. The summed E-state index contributed by atoms with van der Waals surface area (Å²) >= 11 is 0.